The highest BCUT2D eigenvalue weighted by atomic mass is 32.2. The zero-order valence-electron chi connectivity index (χ0n) is 11.8. The number of methoxy groups -OCH3 is 1. The van der Waals surface area contributed by atoms with Crippen LogP contribution < -0.4 is 15.2 Å². The van der Waals surface area contributed by atoms with Gasteiger partial charge < -0.3 is 15.0 Å². The Morgan fingerprint density at radius 1 is 1.33 bits per heavy atom. The molecule has 0 spiro atoms. The van der Waals surface area contributed by atoms with Gasteiger partial charge in [0, 0.05) is 6.54 Å². The number of nitrogen functional groups attached to an aromatic ring is 1. The minimum absolute atomic E-state index is 0.0998. The number of aromatic nitrogens is 1. The van der Waals surface area contributed by atoms with Gasteiger partial charge in [-0.15, -0.1) is 0 Å². The number of rotatable bonds is 6. The van der Waals surface area contributed by atoms with Crippen molar-refractivity contribution < 1.29 is 17.7 Å². The lowest BCUT2D eigenvalue weighted by molar-refractivity contribution is 0.396. The largest absolute Gasteiger partial charge is 0.497 e. The molecule has 1 aromatic heterocycles. The molecule has 2 aromatic rings. The second-order valence-corrected chi connectivity index (χ2v) is 6.15. The SMILES string of the molecule is COc1ccc(CCNS(=O)(=O)c2c(N)noc2C)cc1. The minimum atomic E-state index is -3.72. The van der Waals surface area contributed by atoms with Crippen LogP contribution in [0.3, 0.4) is 0 Å². The Bertz CT molecular complexity index is 688. The van der Waals surface area contributed by atoms with Gasteiger partial charge in [0.05, 0.1) is 7.11 Å². The van der Waals surface area contributed by atoms with E-state index in [0.717, 1.165) is 11.3 Å². The third kappa shape index (κ3) is 3.53. The minimum Gasteiger partial charge on any atom is -0.497 e. The van der Waals surface area contributed by atoms with Crippen molar-refractivity contribution in [3.8, 4) is 5.75 Å². The van der Waals surface area contributed by atoms with Crippen molar-refractivity contribution in [2.75, 3.05) is 19.4 Å². The van der Waals surface area contributed by atoms with E-state index in [-0.39, 0.29) is 23.0 Å². The zero-order chi connectivity index (χ0) is 15.5. The maximum absolute atomic E-state index is 12.1. The molecule has 0 aliphatic rings. The Labute approximate surface area is 123 Å². The van der Waals surface area contributed by atoms with Crippen LogP contribution in [0.25, 0.3) is 0 Å². The summed E-state index contributed by atoms with van der Waals surface area (Å²) in [7, 11) is -2.13. The monoisotopic (exact) mass is 311 g/mol. The summed E-state index contributed by atoms with van der Waals surface area (Å²) in [6.07, 6.45) is 0.549. The van der Waals surface area contributed by atoms with Gasteiger partial charge in [-0.05, 0) is 31.0 Å². The van der Waals surface area contributed by atoms with Gasteiger partial charge >= 0.3 is 0 Å². The average Bonchev–Trinajstić information content (AvgIpc) is 2.79. The van der Waals surface area contributed by atoms with Gasteiger partial charge in [-0.3, -0.25) is 0 Å². The molecule has 7 nitrogen and oxygen atoms in total. The third-order valence-electron chi connectivity index (χ3n) is 2.97. The molecule has 2 rings (SSSR count). The summed E-state index contributed by atoms with van der Waals surface area (Å²) < 4.78 is 36.5. The maximum Gasteiger partial charge on any atom is 0.247 e. The second-order valence-electron chi connectivity index (χ2n) is 4.45. The molecule has 0 fully saturated rings. The van der Waals surface area contributed by atoms with Gasteiger partial charge in [0.25, 0.3) is 0 Å². The van der Waals surface area contributed by atoms with Gasteiger partial charge in [0.15, 0.2) is 16.5 Å². The molecular weight excluding hydrogens is 294 g/mol. The number of ether oxygens (including phenoxy) is 1. The Morgan fingerprint density at radius 2 is 2.00 bits per heavy atom. The molecule has 3 N–H and O–H groups in total. The van der Waals surface area contributed by atoms with Crippen molar-refractivity contribution >= 4 is 15.8 Å². The first-order chi connectivity index (χ1) is 9.94. The van der Waals surface area contributed by atoms with Crippen LogP contribution in [0.2, 0.25) is 0 Å². The molecule has 0 amide bonds. The Kier molecular flexibility index (Phi) is 4.49. The molecule has 0 saturated heterocycles. The van der Waals surface area contributed by atoms with E-state index in [1.54, 1.807) is 7.11 Å². The van der Waals surface area contributed by atoms with E-state index in [2.05, 4.69) is 9.88 Å². The number of nitrogens with one attached hydrogen (secondary N) is 1. The lowest BCUT2D eigenvalue weighted by atomic mass is 10.1. The van der Waals surface area contributed by atoms with Crippen LogP contribution in [0.1, 0.15) is 11.3 Å². The molecule has 8 heteroatoms. The molecule has 114 valence electrons. The number of nitrogens with two attached hydrogens (primary N) is 1. The van der Waals surface area contributed by atoms with Crippen molar-refractivity contribution in [1.29, 1.82) is 0 Å². The fourth-order valence-electron chi connectivity index (χ4n) is 1.90. The molecule has 0 atom stereocenters. The lowest BCUT2D eigenvalue weighted by Crippen LogP contribution is -2.26. The fraction of sp³-hybridized carbons (Fsp3) is 0.308. The first-order valence-corrected chi connectivity index (χ1v) is 7.76. The standard InChI is InChI=1S/C13H17N3O4S/c1-9-12(13(14)16-20-9)21(17,18)15-8-7-10-3-5-11(19-2)6-4-10/h3-6,15H,7-8H2,1-2H3,(H2,14,16). The van der Waals surface area contributed by atoms with Crippen molar-refractivity contribution in [3.05, 3.63) is 35.6 Å². The van der Waals surface area contributed by atoms with Crippen LogP contribution in [0.4, 0.5) is 5.82 Å². The molecule has 21 heavy (non-hydrogen) atoms. The molecule has 0 aliphatic carbocycles. The van der Waals surface area contributed by atoms with Crippen LogP contribution in [-0.4, -0.2) is 27.2 Å². The normalized spacial score (nSPS) is 11.5. The van der Waals surface area contributed by atoms with Crippen molar-refractivity contribution in [3.63, 3.8) is 0 Å². The predicted molar refractivity (Wildman–Crippen MR) is 77.5 cm³/mol. The average molecular weight is 311 g/mol. The van der Waals surface area contributed by atoms with Crippen LogP contribution >= 0.6 is 0 Å². The molecule has 0 aliphatic heterocycles. The van der Waals surface area contributed by atoms with Crippen molar-refractivity contribution in [2.45, 2.75) is 18.2 Å². The quantitative estimate of drug-likeness (QED) is 0.827. The summed E-state index contributed by atoms with van der Waals surface area (Å²) in [5.41, 5.74) is 6.50. The number of aryl methyl sites for hydroxylation is 1. The smallest absolute Gasteiger partial charge is 0.247 e. The summed E-state index contributed by atoms with van der Waals surface area (Å²) in [6.45, 7) is 1.75. The van der Waals surface area contributed by atoms with Gasteiger partial charge in [0.2, 0.25) is 10.0 Å². The van der Waals surface area contributed by atoms with Gasteiger partial charge in [-0.25, -0.2) is 13.1 Å². The maximum atomic E-state index is 12.1. The van der Waals surface area contributed by atoms with Crippen molar-refractivity contribution in [2.24, 2.45) is 0 Å². The molecular formula is C13H17N3O4S. The molecule has 0 saturated carbocycles. The first kappa shape index (κ1) is 15.3. The van der Waals surface area contributed by atoms with E-state index < -0.39 is 10.0 Å². The summed E-state index contributed by atoms with van der Waals surface area (Å²) in [5.74, 6) is 0.793. The van der Waals surface area contributed by atoms with E-state index in [9.17, 15) is 8.42 Å². The van der Waals surface area contributed by atoms with Gasteiger partial charge in [0.1, 0.15) is 5.75 Å². The highest BCUT2D eigenvalue weighted by Gasteiger charge is 2.24. The molecule has 0 unspecified atom stereocenters. The highest BCUT2D eigenvalue weighted by molar-refractivity contribution is 7.89. The second kappa shape index (κ2) is 6.15. The number of hydrogen-bond acceptors (Lipinski definition) is 6. The fourth-order valence-corrected chi connectivity index (χ4v) is 3.15. The predicted octanol–water partition coefficient (Wildman–Crippen LogP) is 1.09. The molecule has 1 heterocycles. The van der Waals surface area contributed by atoms with E-state index in [4.69, 9.17) is 15.0 Å². The molecule has 1 aromatic carbocycles. The summed E-state index contributed by atoms with van der Waals surface area (Å²) >= 11 is 0. The van der Waals surface area contributed by atoms with E-state index in [1.165, 1.54) is 6.92 Å². The zero-order valence-corrected chi connectivity index (χ0v) is 12.6. The van der Waals surface area contributed by atoms with Crippen LogP contribution in [0.5, 0.6) is 5.75 Å². The number of sulfonamides is 1. The number of nitrogens with zero attached hydrogens (tertiary/aromatic N) is 1. The van der Waals surface area contributed by atoms with Crippen LogP contribution in [-0.2, 0) is 16.4 Å². The van der Waals surface area contributed by atoms with Crippen molar-refractivity contribution in [1.82, 2.24) is 9.88 Å². The Hall–Kier alpha value is -2.06. The van der Waals surface area contributed by atoms with E-state index in [0.29, 0.717) is 6.42 Å². The van der Waals surface area contributed by atoms with Gasteiger partial charge in [-0.2, -0.15) is 0 Å². The van der Waals surface area contributed by atoms with E-state index in [1.807, 2.05) is 24.3 Å². The third-order valence-corrected chi connectivity index (χ3v) is 4.59. The number of benzene rings is 1. The topological polar surface area (TPSA) is 107 Å². The summed E-state index contributed by atoms with van der Waals surface area (Å²) in [4.78, 5) is -0.0998. The Balaban J connectivity index is 1.99. The van der Waals surface area contributed by atoms with Crippen LogP contribution in [0.15, 0.2) is 33.7 Å². The number of hydrogen-bond donors (Lipinski definition) is 2. The van der Waals surface area contributed by atoms with Crippen LogP contribution in [0, 0.1) is 6.92 Å². The van der Waals surface area contributed by atoms with E-state index >= 15 is 0 Å². The van der Waals surface area contributed by atoms with Gasteiger partial charge in [-0.1, -0.05) is 17.3 Å². The Morgan fingerprint density at radius 3 is 2.52 bits per heavy atom. The summed E-state index contributed by atoms with van der Waals surface area (Å²) in [6, 6.07) is 7.41. The summed E-state index contributed by atoms with van der Waals surface area (Å²) in [5, 5.41) is 3.44. The first-order valence-electron chi connectivity index (χ1n) is 6.28. The highest BCUT2D eigenvalue weighted by Crippen LogP contribution is 2.21. The molecule has 0 radical (unpaired) electrons. The molecule has 0 bridgehead atoms. The number of anilines is 1. The lowest BCUT2D eigenvalue weighted by Gasteiger charge is -2.06.